The zero-order chi connectivity index (χ0) is 23.2. The number of unbranched alkanes of at least 4 members (excludes halogenated alkanes) is 9. The zero-order valence-electron chi connectivity index (χ0n) is 20.5. The predicted molar refractivity (Wildman–Crippen MR) is 125 cm³/mol. The molecule has 4 nitrogen and oxygen atoms in total. The van der Waals surface area contributed by atoms with Gasteiger partial charge in [0.2, 0.25) is 0 Å². The maximum Gasteiger partial charge on any atom is 0.333 e. The highest BCUT2D eigenvalue weighted by atomic mass is 16.5. The maximum absolute atomic E-state index is 11.8. The van der Waals surface area contributed by atoms with E-state index in [1.54, 1.807) is 0 Å². The van der Waals surface area contributed by atoms with Gasteiger partial charge in [0, 0.05) is 11.1 Å². The minimum Gasteiger partial charge on any atom is -0.462 e. The summed E-state index contributed by atoms with van der Waals surface area (Å²) in [4.78, 5) is 23.7. The van der Waals surface area contributed by atoms with Gasteiger partial charge in [0.05, 0.1) is 13.2 Å². The molecule has 174 valence electrons. The van der Waals surface area contributed by atoms with Crippen LogP contribution in [0.3, 0.4) is 0 Å². The molecule has 0 N–H and O–H groups in total. The largest absolute Gasteiger partial charge is 0.462 e. The van der Waals surface area contributed by atoms with Crippen LogP contribution < -0.4 is 0 Å². The summed E-state index contributed by atoms with van der Waals surface area (Å²) >= 11 is 0. The van der Waals surface area contributed by atoms with E-state index in [-0.39, 0.29) is 22.8 Å². The molecular formula is C26H46O4. The van der Waals surface area contributed by atoms with Crippen molar-refractivity contribution in [1.29, 1.82) is 0 Å². The molecular weight excluding hydrogens is 376 g/mol. The average Bonchev–Trinajstić information content (AvgIpc) is 2.65. The molecule has 0 heterocycles. The Morgan fingerprint density at radius 1 is 0.533 bits per heavy atom. The molecule has 0 atom stereocenters. The van der Waals surface area contributed by atoms with E-state index in [0.29, 0.717) is 24.4 Å². The van der Waals surface area contributed by atoms with E-state index in [0.717, 1.165) is 25.7 Å². The molecule has 0 rings (SSSR count). The summed E-state index contributed by atoms with van der Waals surface area (Å²) in [7, 11) is 0. The first-order valence-electron chi connectivity index (χ1n) is 11.6. The molecule has 0 aromatic rings. The van der Waals surface area contributed by atoms with E-state index in [4.69, 9.17) is 9.47 Å². The van der Waals surface area contributed by atoms with Crippen LogP contribution in [0.2, 0.25) is 0 Å². The van der Waals surface area contributed by atoms with Crippen LogP contribution >= 0.6 is 0 Å². The first kappa shape index (κ1) is 28.4. The van der Waals surface area contributed by atoms with Gasteiger partial charge >= 0.3 is 11.9 Å². The summed E-state index contributed by atoms with van der Waals surface area (Å²) in [6.45, 7) is 20.4. The summed E-state index contributed by atoms with van der Waals surface area (Å²) in [6.07, 6.45) is 11.4. The minimum atomic E-state index is -0.267. The summed E-state index contributed by atoms with van der Waals surface area (Å²) in [5.41, 5.74) is 0.610. The second kappa shape index (κ2) is 14.4. The Kier molecular flexibility index (Phi) is 13.7. The Bertz CT molecular complexity index is 496. The van der Waals surface area contributed by atoms with Crippen LogP contribution in [-0.4, -0.2) is 25.2 Å². The monoisotopic (exact) mass is 422 g/mol. The third-order valence-electron chi connectivity index (χ3n) is 5.31. The fourth-order valence-corrected chi connectivity index (χ4v) is 2.73. The molecule has 0 amide bonds. The molecule has 4 heteroatoms. The Hall–Kier alpha value is -1.58. The van der Waals surface area contributed by atoms with Gasteiger partial charge in [-0.25, -0.2) is 9.59 Å². The van der Waals surface area contributed by atoms with Crippen LogP contribution in [-0.2, 0) is 19.1 Å². The fraction of sp³-hybridized carbons (Fsp3) is 0.769. The smallest absolute Gasteiger partial charge is 0.333 e. The van der Waals surface area contributed by atoms with Crippen molar-refractivity contribution in [2.45, 2.75) is 106 Å². The lowest BCUT2D eigenvalue weighted by atomic mass is 9.88. The van der Waals surface area contributed by atoms with E-state index >= 15 is 0 Å². The molecule has 0 fully saturated rings. The highest BCUT2D eigenvalue weighted by molar-refractivity contribution is 5.89. The minimum absolute atomic E-state index is 0.233. The number of hydrogen-bond donors (Lipinski definition) is 0. The highest BCUT2D eigenvalue weighted by Crippen LogP contribution is 2.25. The van der Waals surface area contributed by atoms with Gasteiger partial charge in [-0.15, -0.1) is 0 Å². The molecule has 0 bridgehead atoms. The molecule has 0 saturated heterocycles. The van der Waals surface area contributed by atoms with Gasteiger partial charge in [-0.05, 0) is 23.7 Å². The van der Waals surface area contributed by atoms with Gasteiger partial charge in [0.25, 0.3) is 0 Å². The number of rotatable bonds is 15. The summed E-state index contributed by atoms with van der Waals surface area (Å²) in [6, 6.07) is 0. The maximum atomic E-state index is 11.8. The lowest BCUT2D eigenvalue weighted by Gasteiger charge is -2.20. The molecule has 0 saturated carbocycles. The van der Waals surface area contributed by atoms with Gasteiger partial charge in [-0.3, -0.25) is 0 Å². The molecule has 0 aliphatic carbocycles. The van der Waals surface area contributed by atoms with Crippen molar-refractivity contribution in [2.24, 2.45) is 10.8 Å². The van der Waals surface area contributed by atoms with Crippen LogP contribution in [0.15, 0.2) is 24.3 Å². The lowest BCUT2D eigenvalue weighted by Crippen LogP contribution is -2.19. The van der Waals surface area contributed by atoms with Gasteiger partial charge < -0.3 is 9.47 Å². The van der Waals surface area contributed by atoms with Gasteiger partial charge in [-0.2, -0.15) is 0 Å². The van der Waals surface area contributed by atoms with Crippen LogP contribution in [0.5, 0.6) is 0 Å². The molecule has 0 aromatic heterocycles. The van der Waals surface area contributed by atoms with E-state index in [9.17, 15) is 9.59 Å². The quantitative estimate of drug-likeness (QED) is 0.159. The third kappa shape index (κ3) is 13.6. The summed E-state index contributed by atoms with van der Waals surface area (Å²) < 4.78 is 10.6. The van der Waals surface area contributed by atoms with Gasteiger partial charge in [0.1, 0.15) is 0 Å². The Morgan fingerprint density at radius 2 is 0.767 bits per heavy atom. The standard InChI is InChI=1S/C26H46O4/c1-21(25(3,4)5)23(27)29-19-17-15-13-11-9-10-12-14-16-18-20-30-24(28)22(2)26(6,7)8/h1-2,9-20H2,3-8H3. The van der Waals surface area contributed by atoms with Crippen molar-refractivity contribution in [3.8, 4) is 0 Å². The van der Waals surface area contributed by atoms with E-state index < -0.39 is 0 Å². The summed E-state index contributed by atoms with van der Waals surface area (Å²) in [5, 5.41) is 0. The fourth-order valence-electron chi connectivity index (χ4n) is 2.73. The second-order valence-corrected chi connectivity index (χ2v) is 10.3. The van der Waals surface area contributed by atoms with Crippen molar-refractivity contribution >= 4 is 11.9 Å². The molecule has 0 aliphatic heterocycles. The highest BCUT2D eigenvalue weighted by Gasteiger charge is 2.23. The number of carbonyl (C=O) groups excluding carboxylic acids is 2. The van der Waals surface area contributed by atoms with Crippen LogP contribution in [0.25, 0.3) is 0 Å². The van der Waals surface area contributed by atoms with Crippen molar-refractivity contribution < 1.29 is 19.1 Å². The number of esters is 2. The molecule has 0 unspecified atom stereocenters. The Balaban J connectivity index is 3.46. The molecule has 30 heavy (non-hydrogen) atoms. The lowest BCUT2D eigenvalue weighted by molar-refractivity contribution is -0.141. The van der Waals surface area contributed by atoms with E-state index in [1.807, 2.05) is 41.5 Å². The van der Waals surface area contributed by atoms with Gasteiger partial charge in [0.15, 0.2) is 0 Å². The first-order chi connectivity index (χ1) is 13.9. The van der Waals surface area contributed by atoms with Crippen molar-refractivity contribution in [3.05, 3.63) is 24.3 Å². The van der Waals surface area contributed by atoms with Crippen LogP contribution in [0.4, 0.5) is 0 Å². The Morgan fingerprint density at radius 3 is 1.00 bits per heavy atom. The topological polar surface area (TPSA) is 52.6 Å². The SMILES string of the molecule is C=C(C(=O)OCCCCCCCCCCCCOC(=O)C(=C)C(C)(C)C)C(C)(C)C. The van der Waals surface area contributed by atoms with Crippen molar-refractivity contribution in [3.63, 3.8) is 0 Å². The van der Waals surface area contributed by atoms with Crippen molar-refractivity contribution in [2.75, 3.05) is 13.2 Å². The average molecular weight is 423 g/mol. The zero-order valence-corrected chi connectivity index (χ0v) is 20.5. The Labute approximate surface area is 185 Å². The first-order valence-corrected chi connectivity index (χ1v) is 11.6. The van der Waals surface area contributed by atoms with Crippen LogP contribution in [0, 0.1) is 10.8 Å². The predicted octanol–water partition coefficient (Wildman–Crippen LogP) is 7.18. The third-order valence-corrected chi connectivity index (χ3v) is 5.31. The molecule has 0 radical (unpaired) electrons. The molecule has 0 aliphatic rings. The number of hydrogen-bond acceptors (Lipinski definition) is 4. The van der Waals surface area contributed by atoms with Crippen LogP contribution in [0.1, 0.15) is 106 Å². The van der Waals surface area contributed by atoms with Gasteiger partial charge in [-0.1, -0.05) is 106 Å². The van der Waals surface area contributed by atoms with E-state index in [1.165, 1.54) is 38.5 Å². The summed E-state index contributed by atoms with van der Waals surface area (Å²) in [5.74, 6) is -0.534. The molecule has 0 aromatic carbocycles. The number of carbonyl (C=O) groups is 2. The van der Waals surface area contributed by atoms with E-state index in [2.05, 4.69) is 13.2 Å². The second-order valence-electron chi connectivity index (χ2n) is 10.3. The number of ether oxygens (including phenoxy) is 2. The molecule has 0 spiro atoms. The normalized spacial score (nSPS) is 11.8. The van der Waals surface area contributed by atoms with Crippen molar-refractivity contribution in [1.82, 2.24) is 0 Å².